The summed E-state index contributed by atoms with van der Waals surface area (Å²) in [7, 11) is 2.70. The molecule has 28 heteroatoms. The van der Waals surface area contributed by atoms with Crippen LogP contribution in [0.2, 0.25) is 0 Å². The van der Waals surface area contributed by atoms with E-state index in [1.165, 1.54) is 33.7 Å². The largest absolute Gasteiger partial charge is 0.486 e. The summed E-state index contributed by atoms with van der Waals surface area (Å²) in [5.41, 5.74) is 2.08. The molecule has 0 saturated carbocycles. The number of benzene rings is 4. The van der Waals surface area contributed by atoms with Crippen molar-refractivity contribution in [1.29, 1.82) is 0 Å². The van der Waals surface area contributed by atoms with Gasteiger partial charge in [0.1, 0.15) is 49.5 Å². The summed E-state index contributed by atoms with van der Waals surface area (Å²) in [6, 6.07) is 27.9. The van der Waals surface area contributed by atoms with Crippen molar-refractivity contribution in [3.63, 3.8) is 0 Å². The molecule has 12 amide bonds. The van der Waals surface area contributed by atoms with E-state index in [1.807, 2.05) is 60.7 Å². The molecule has 3 saturated heterocycles. The number of para-hydroxylation sites is 2. The van der Waals surface area contributed by atoms with Gasteiger partial charge >= 0.3 is 0 Å². The molecule has 0 bridgehead atoms. The number of aromatic nitrogens is 2. The first kappa shape index (κ1) is 77.1. The Balaban J connectivity index is 1.01. The van der Waals surface area contributed by atoms with Crippen LogP contribution in [0.3, 0.4) is 0 Å². The Labute approximate surface area is 604 Å². The van der Waals surface area contributed by atoms with Gasteiger partial charge in [-0.2, -0.15) is 0 Å². The number of amides is 12. The summed E-state index contributed by atoms with van der Waals surface area (Å²) in [5.74, 6) is -9.84. The van der Waals surface area contributed by atoms with Gasteiger partial charge in [0, 0.05) is 64.1 Å². The van der Waals surface area contributed by atoms with Crippen LogP contribution in [0.4, 0.5) is 0 Å². The molecule has 104 heavy (non-hydrogen) atoms. The molecular weight excluding hydrogens is 1330 g/mol. The molecule has 0 radical (unpaired) electrons. The number of hydrogen-bond donors (Lipinski definition) is 6. The maximum Gasteiger partial charge on any atom is 0.274 e. The van der Waals surface area contributed by atoms with Crippen molar-refractivity contribution in [2.45, 2.75) is 130 Å². The van der Waals surface area contributed by atoms with Crippen LogP contribution < -0.4 is 41.4 Å². The van der Waals surface area contributed by atoms with Crippen LogP contribution >= 0.6 is 0 Å². The normalized spacial score (nSPS) is 21.1. The van der Waals surface area contributed by atoms with Gasteiger partial charge in [-0.05, 0) is 99.6 Å². The molecule has 0 aliphatic carbocycles. The van der Waals surface area contributed by atoms with E-state index in [-0.39, 0.29) is 75.1 Å². The predicted octanol–water partition coefficient (Wildman–Crippen LogP) is 3.74. The lowest BCUT2D eigenvalue weighted by Gasteiger charge is -2.38. The third-order valence-electron chi connectivity index (χ3n) is 18.8. The number of fused-ring (bicyclic) bond motifs is 4. The van der Waals surface area contributed by atoms with Crippen LogP contribution in [0, 0.1) is 11.8 Å². The third kappa shape index (κ3) is 19.4. The maximum absolute atomic E-state index is 15.3. The molecule has 6 aromatic rings. The van der Waals surface area contributed by atoms with Crippen molar-refractivity contribution in [1.82, 2.24) is 71.3 Å². The highest BCUT2D eigenvalue weighted by atomic mass is 16.5. The van der Waals surface area contributed by atoms with Crippen LogP contribution in [0.15, 0.2) is 121 Å². The van der Waals surface area contributed by atoms with E-state index in [0.29, 0.717) is 47.5 Å². The van der Waals surface area contributed by atoms with E-state index < -0.39 is 158 Å². The molecule has 3 aliphatic heterocycles. The van der Waals surface area contributed by atoms with E-state index in [0.717, 1.165) is 20.9 Å². The lowest BCUT2D eigenvalue weighted by atomic mass is 9.99. The van der Waals surface area contributed by atoms with Gasteiger partial charge in [-0.3, -0.25) is 57.5 Å². The van der Waals surface area contributed by atoms with Crippen molar-refractivity contribution in [3.8, 4) is 11.5 Å². The molecule has 6 atom stereocenters. The first-order valence-corrected chi connectivity index (χ1v) is 35.5. The van der Waals surface area contributed by atoms with Crippen LogP contribution in [-0.2, 0) is 61.2 Å². The Hall–Kier alpha value is -11.1. The molecule has 3 aliphatic rings. The number of likely N-dealkylation sites (N-methyl/N-ethyl adjacent to an activating group) is 4. The van der Waals surface area contributed by atoms with Crippen molar-refractivity contribution < 1.29 is 67.0 Å². The van der Waals surface area contributed by atoms with Crippen LogP contribution in [0.5, 0.6) is 11.5 Å². The Morgan fingerprint density at radius 2 is 0.846 bits per heavy atom. The molecule has 3 fully saturated rings. The second-order valence-electron chi connectivity index (χ2n) is 26.9. The average molecular weight is 1430 g/mol. The zero-order valence-electron chi connectivity index (χ0n) is 60.2. The molecule has 2 aromatic heterocycles. The minimum absolute atomic E-state index is 0.0264. The second kappa shape index (κ2) is 36.2. The number of carbonyl (C=O) groups is 12. The lowest BCUT2D eigenvalue weighted by Crippen LogP contribution is -2.62. The highest BCUT2D eigenvalue weighted by molar-refractivity contribution is 6.03. The number of carbonyl (C=O) groups excluding carboxylic acids is 12. The SMILES string of the molecule is CCN1C(=O)CN(C)C(=O)CNC(=O)[C@@H]2CCCCN2C(=O)[C@H](NC(=O)c2nc3ccccc3cc2OCc2ccccc2)CNC(=O)[C@H](C(C)C)N(CC)C(=O)CN(C)C(=O)CNC(=O)[C@@H]2CCCCN2C(=O)[C@H](NC(=O)c2nc3ccccc3cc2OCc2ccccc2)CNC(=O)[C@@H]1C(C)C. The highest BCUT2D eigenvalue weighted by Gasteiger charge is 2.42. The topological polar surface area (TPSA) is 341 Å². The molecule has 9 rings (SSSR count). The van der Waals surface area contributed by atoms with Crippen molar-refractivity contribution in [2.24, 2.45) is 11.8 Å². The molecule has 0 spiro atoms. The average Bonchev–Trinajstić information content (AvgIpc) is 0.816. The number of pyridine rings is 2. The molecule has 552 valence electrons. The first-order valence-electron chi connectivity index (χ1n) is 35.5. The molecular formula is C76H94N14O14. The first-order chi connectivity index (χ1) is 50.0. The van der Waals surface area contributed by atoms with Crippen LogP contribution in [0.1, 0.15) is 112 Å². The van der Waals surface area contributed by atoms with Gasteiger partial charge in [-0.1, -0.05) is 125 Å². The molecule has 5 heterocycles. The highest BCUT2D eigenvalue weighted by Crippen LogP contribution is 2.28. The van der Waals surface area contributed by atoms with Crippen molar-refractivity contribution in [3.05, 3.63) is 144 Å². The van der Waals surface area contributed by atoms with E-state index >= 15 is 9.59 Å². The minimum atomic E-state index is -1.59. The smallest absolute Gasteiger partial charge is 0.274 e. The zero-order chi connectivity index (χ0) is 74.7. The number of rotatable bonds is 14. The molecule has 28 nitrogen and oxygen atoms in total. The van der Waals surface area contributed by atoms with Crippen LogP contribution in [-0.4, -0.2) is 226 Å². The number of hydrogen-bond acceptors (Lipinski definition) is 16. The summed E-state index contributed by atoms with van der Waals surface area (Å²) in [4.78, 5) is 192. The van der Waals surface area contributed by atoms with E-state index in [2.05, 4.69) is 41.9 Å². The van der Waals surface area contributed by atoms with Crippen molar-refractivity contribution >= 4 is 92.7 Å². The Bertz CT molecular complexity index is 3860. The third-order valence-corrected chi connectivity index (χ3v) is 18.8. The fourth-order valence-electron chi connectivity index (χ4n) is 13.3. The fraction of sp³-hybridized carbons (Fsp3) is 0.447. The van der Waals surface area contributed by atoms with Gasteiger partial charge in [0.2, 0.25) is 59.1 Å². The fourth-order valence-corrected chi connectivity index (χ4v) is 13.3. The minimum Gasteiger partial charge on any atom is -0.486 e. The second-order valence-corrected chi connectivity index (χ2v) is 26.9. The number of nitrogens with one attached hydrogen (secondary N) is 6. The van der Waals surface area contributed by atoms with Gasteiger partial charge in [0.25, 0.3) is 11.8 Å². The summed E-state index contributed by atoms with van der Waals surface area (Å²) in [5, 5.41) is 17.8. The van der Waals surface area contributed by atoms with Gasteiger partial charge in [0.15, 0.2) is 22.9 Å². The summed E-state index contributed by atoms with van der Waals surface area (Å²) in [6.07, 6.45) is 2.14. The Morgan fingerprint density at radius 3 is 1.21 bits per heavy atom. The Morgan fingerprint density at radius 1 is 0.481 bits per heavy atom. The Kier molecular flexibility index (Phi) is 26.8. The van der Waals surface area contributed by atoms with E-state index in [9.17, 15) is 47.9 Å². The van der Waals surface area contributed by atoms with E-state index in [1.54, 1.807) is 102 Å². The monoisotopic (exact) mass is 1430 g/mol. The summed E-state index contributed by atoms with van der Waals surface area (Å²) in [6.45, 7) is 6.72. The maximum atomic E-state index is 15.3. The van der Waals surface area contributed by atoms with Gasteiger partial charge < -0.3 is 70.8 Å². The molecule has 4 aromatic carbocycles. The number of nitrogens with zero attached hydrogens (tertiary/aromatic N) is 8. The predicted molar refractivity (Wildman–Crippen MR) is 386 cm³/mol. The summed E-state index contributed by atoms with van der Waals surface area (Å²) >= 11 is 0. The molecule has 6 N–H and O–H groups in total. The summed E-state index contributed by atoms with van der Waals surface area (Å²) < 4.78 is 12.5. The number of ether oxygens (including phenoxy) is 2. The quantitative estimate of drug-likeness (QED) is 0.0905. The van der Waals surface area contributed by atoms with E-state index in [4.69, 9.17) is 9.47 Å². The van der Waals surface area contributed by atoms with Crippen LogP contribution in [0.25, 0.3) is 21.8 Å². The van der Waals surface area contributed by atoms with Gasteiger partial charge in [-0.15, -0.1) is 0 Å². The lowest BCUT2D eigenvalue weighted by molar-refractivity contribution is -0.147. The van der Waals surface area contributed by atoms with Gasteiger partial charge in [0.05, 0.1) is 37.2 Å². The zero-order valence-corrected chi connectivity index (χ0v) is 60.2. The molecule has 0 unspecified atom stereocenters. The standard InChI is InChI=1S/C76H94N14O14/c1-9-87-63(93)43-85(7)61(91)41-79-69(95)57-33-22-24-36-90(57)76(102)56(84-72(98)66-60(104-46-50-27-15-12-16-28-50)38-52-30-18-20-32-54(52)82-66)40-78-74(100)68(48(5)6)88(10-2)64(94)44-86(8)62(92)42-80-70(96)58-34-21-23-35-89(58)75(101)55(39-77-73(99)67(87)47(3)4)83-71(97)65-59(103-45-49-25-13-11-14-26-49)37-51-29-17-19-31-53(51)81-65/h11-20,25-32,37-38,47-48,55-58,67-68H,9-10,21-24,33-36,39-46H2,1-8H3,(H,77,99)(H,78,100)(H,79,95)(H,80,96)(H,83,97)(H,84,98)/t55-,56-,57+,58+,67+,68+/m1/s1. The number of piperidine rings is 2. The van der Waals surface area contributed by atoms with Crippen molar-refractivity contribution in [2.75, 3.05) is 79.5 Å². The van der Waals surface area contributed by atoms with Gasteiger partial charge in [-0.25, -0.2) is 9.97 Å².